The minimum absolute atomic E-state index is 0.0633. The molecule has 0 aromatic rings. The van der Waals surface area contributed by atoms with Gasteiger partial charge in [0.2, 0.25) is 8.32 Å². The van der Waals surface area contributed by atoms with Crippen LogP contribution in [-0.2, 0) is 27.9 Å². The van der Waals surface area contributed by atoms with Crippen LogP contribution in [0.2, 0.25) is 32.7 Å². The second-order valence-corrected chi connectivity index (χ2v) is 16.9. The number of carbonyl (C=O) groups is 2. The Bertz CT molecular complexity index is 636. The molecule has 0 amide bonds. The number of rotatable bonds is 12. The zero-order valence-electron chi connectivity index (χ0n) is 18.1. The van der Waals surface area contributed by atoms with Crippen LogP contribution in [-0.4, -0.2) is 66.0 Å². The largest absolute Gasteiger partial charge is 0.466 e. The van der Waals surface area contributed by atoms with Crippen LogP contribution >= 0.6 is 0 Å². The molecule has 0 aromatic carbocycles. The highest BCUT2D eigenvalue weighted by Crippen LogP contribution is 2.40. The molecule has 0 aliphatic heterocycles. The summed E-state index contributed by atoms with van der Waals surface area (Å²) in [7, 11) is -4.44. The number of carbonyl (C=O) groups excluding carboxylic acids is 2. The van der Waals surface area contributed by atoms with Crippen LogP contribution in [0.1, 0.15) is 13.3 Å². The summed E-state index contributed by atoms with van der Waals surface area (Å²) in [5.41, 5.74) is -0.578. The van der Waals surface area contributed by atoms with E-state index in [1.54, 1.807) is 0 Å². The summed E-state index contributed by atoms with van der Waals surface area (Å²) in [5.74, 6) is -8.82. The van der Waals surface area contributed by atoms with Gasteiger partial charge in [-0.15, -0.1) is 0 Å². The van der Waals surface area contributed by atoms with Gasteiger partial charge in [0.15, 0.2) is 8.32 Å². The highest BCUT2D eigenvalue weighted by Gasteiger charge is 2.66. The van der Waals surface area contributed by atoms with Crippen molar-refractivity contribution in [2.24, 2.45) is 0 Å². The third kappa shape index (κ3) is 10.2. The zero-order valence-corrected chi connectivity index (χ0v) is 20.1. The zero-order chi connectivity index (χ0) is 24.7. The van der Waals surface area contributed by atoms with E-state index in [0.717, 1.165) is 0 Å². The van der Waals surface area contributed by atoms with Gasteiger partial charge in [0.25, 0.3) is 0 Å². The van der Waals surface area contributed by atoms with Gasteiger partial charge in [-0.3, -0.25) is 0 Å². The first-order valence-corrected chi connectivity index (χ1v) is 15.7. The molecule has 0 fully saturated rings. The van der Waals surface area contributed by atoms with Gasteiger partial charge in [0.05, 0.1) is 0 Å². The van der Waals surface area contributed by atoms with Gasteiger partial charge in [-0.1, -0.05) is 6.92 Å². The van der Waals surface area contributed by atoms with E-state index in [0.29, 0.717) is 19.1 Å². The first-order valence-electron chi connectivity index (χ1n) is 9.29. The smallest absolute Gasteiger partial charge is 0.460 e. The van der Waals surface area contributed by atoms with E-state index in [2.05, 4.69) is 4.74 Å². The molecule has 14 heteroatoms. The number of esters is 2. The lowest BCUT2D eigenvalue weighted by Gasteiger charge is -2.37. The van der Waals surface area contributed by atoms with Gasteiger partial charge in [-0.25, -0.2) is 18.4 Å². The molecule has 6 nitrogen and oxygen atoms in total. The van der Waals surface area contributed by atoms with Gasteiger partial charge in [0.1, 0.15) is 12.3 Å². The predicted octanol–water partition coefficient (Wildman–Crippen LogP) is 4.51. The molecule has 0 rings (SSSR count). The summed E-state index contributed by atoms with van der Waals surface area (Å²) in [5, 5.41) is 0. The molecule has 0 radical (unpaired) electrons. The van der Waals surface area contributed by atoms with Crippen molar-refractivity contribution >= 4 is 28.6 Å². The highest BCUT2D eigenvalue weighted by molar-refractivity contribution is 6.84. The van der Waals surface area contributed by atoms with Gasteiger partial charge < -0.3 is 18.3 Å². The fraction of sp³-hybridized carbons (Fsp3) is 0.765. The van der Waals surface area contributed by atoms with Gasteiger partial charge in [-0.05, 0) is 39.2 Å². The van der Waals surface area contributed by atoms with Crippen LogP contribution in [0, 0.1) is 0 Å². The molecule has 0 N–H and O–H groups in total. The van der Waals surface area contributed by atoms with E-state index in [9.17, 15) is 35.9 Å². The minimum atomic E-state index is -6.17. The maximum absolute atomic E-state index is 13.3. The molecule has 0 aliphatic rings. The Morgan fingerprint density at radius 2 is 1.48 bits per heavy atom. The Kier molecular flexibility index (Phi) is 11.0. The average Bonchev–Trinajstić information content (AvgIpc) is 2.56. The predicted molar refractivity (Wildman–Crippen MR) is 104 cm³/mol. The maximum atomic E-state index is 13.3. The lowest BCUT2D eigenvalue weighted by atomic mass is 10.3. The molecule has 31 heavy (non-hydrogen) atoms. The number of halogens is 6. The molecular weight excluding hydrogens is 470 g/mol. The first kappa shape index (κ1) is 29.6. The SMILES string of the molecule is CCCOC(COC(=O)C=CC(=O)OC(F)(C(F)F)C(F)(F)F)[Si](C)(C)O[Si](C)(C)C. The van der Waals surface area contributed by atoms with Crippen LogP contribution in [0.25, 0.3) is 0 Å². The van der Waals surface area contributed by atoms with Crippen molar-refractivity contribution in [1.82, 2.24) is 0 Å². The molecule has 0 heterocycles. The molecule has 182 valence electrons. The second kappa shape index (κ2) is 11.5. The normalized spacial score (nSPS) is 16.3. The van der Waals surface area contributed by atoms with Crippen molar-refractivity contribution in [3.05, 3.63) is 12.2 Å². The summed E-state index contributed by atoms with van der Waals surface area (Å²) in [6, 6.07) is 0. The highest BCUT2D eigenvalue weighted by atomic mass is 28.4. The Balaban J connectivity index is 5.08. The molecule has 0 aromatic heterocycles. The molecule has 2 unspecified atom stereocenters. The molecule has 0 saturated heterocycles. The minimum Gasteiger partial charge on any atom is -0.460 e. The summed E-state index contributed by atoms with van der Waals surface area (Å²) in [6.07, 6.45) is -9.75. The van der Waals surface area contributed by atoms with Crippen LogP contribution in [0.5, 0.6) is 0 Å². The summed E-state index contributed by atoms with van der Waals surface area (Å²) >= 11 is 0. The molecule has 2 atom stereocenters. The van der Waals surface area contributed by atoms with Crippen LogP contribution in [0.3, 0.4) is 0 Å². The van der Waals surface area contributed by atoms with E-state index in [1.807, 2.05) is 39.7 Å². The standard InChI is InChI=1S/C17H28F6O6Si2/c1-7-10-26-14(31(5,6)29-30(2,3)4)11-27-12(24)8-9-13(25)28-16(20,15(18)19)17(21,22)23/h8-9,14-15H,7,10-11H2,1-6H3. The molecule has 0 saturated carbocycles. The molecule has 0 bridgehead atoms. The Labute approximate surface area is 179 Å². The van der Waals surface area contributed by atoms with Crippen molar-refractivity contribution in [3.8, 4) is 0 Å². The van der Waals surface area contributed by atoms with Crippen LogP contribution in [0.15, 0.2) is 12.2 Å². The fourth-order valence-corrected chi connectivity index (χ4v) is 10.2. The average molecular weight is 499 g/mol. The van der Waals surface area contributed by atoms with Crippen molar-refractivity contribution in [2.45, 2.75) is 70.3 Å². The fourth-order valence-electron chi connectivity index (χ4n) is 2.31. The van der Waals surface area contributed by atoms with E-state index in [-0.39, 0.29) is 12.7 Å². The van der Waals surface area contributed by atoms with Crippen LogP contribution in [0.4, 0.5) is 26.3 Å². The lowest BCUT2D eigenvalue weighted by Crippen LogP contribution is -2.54. The van der Waals surface area contributed by atoms with E-state index >= 15 is 0 Å². The van der Waals surface area contributed by atoms with E-state index < -0.39 is 52.8 Å². The van der Waals surface area contributed by atoms with E-state index in [4.69, 9.17) is 13.6 Å². The van der Waals surface area contributed by atoms with Gasteiger partial charge >= 0.3 is 30.4 Å². The maximum Gasteiger partial charge on any atom is 0.466 e. The number of hydrogen-bond acceptors (Lipinski definition) is 6. The monoisotopic (exact) mass is 498 g/mol. The third-order valence-electron chi connectivity index (χ3n) is 3.52. The Morgan fingerprint density at radius 3 is 1.90 bits per heavy atom. The summed E-state index contributed by atoms with van der Waals surface area (Å²) in [4.78, 5) is 23.1. The number of alkyl halides is 6. The van der Waals surface area contributed by atoms with Crippen molar-refractivity contribution < 1.29 is 54.3 Å². The molecule has 0 spiro atoms. The third-order valence-corrected chi connectivity index (χ3v) is 9.95. The topological polar surface area (TPSA) is 71.1 Å². The second-order valence-electron chi connectivity index (χ2n) is 8.01. The van der Waals surface area contributed by atoms with Crippen molar-refractivity contribution in [3.63, 3.8) is 0 Å². The number of ether oxygens (including phenoxy) is 3. The van der Waals surface area contributed by atoms with Crippen molar-refractivity contribution in [2.75, 3.05) is 13.2 Å². The quantitative estimate of drug-likeness (QED) is 0.171. The van der Waals surface area contributed by atoms with Crippen LogP contribution < -0.4 is 0 Å². The molecule has 0 aliphatic carbocycles. The molecular formula is C17H28F6O6Si2. The lowest BCUT2D eigenvalue weighted by molar-refractivity contribution is -0.354. The van der Waals surface area contributed by atoms with Gasteiger partial charge in [0, 0.05) is 18.8 Å². The number of hydrogen-bond donors (Lipinski definition) is 0. The van der Waals surface area contributed by atoms with Gasteiger partial charge in [-0.2, -0.15) is 17.6 Å². The Morgan fingerprint density at radius 1 is 0.968 bits per heavy atom. The first-order chi connectivity index (χ1) is 13.9. The Hall–Kier alpha value is -1.39. The van der Waals surface area contributed by atoms with Crippen molar-refractivity contribution in [1.29, 1.82) is 0 Å². The summed E-state index contributed by atoms with van der Waals surface area (Å²) in [6.45, 7) is 11.6. The van der Waals surface area contributed by atoms with E-state index in [1.165, 1.54) is 0 Å². The summed E-state index contributed by atoms with van der Waals surface area (Å²) < 4.78 is 95.3.